The molecule has 2 nitrogen and oxygen atoms in total. The smallest absolute Gasteiger partial charge is 0.122 e. The van der Waals surface area contributed by atoms with E-state index >= 15 is 0 Å². The molecule has 0 aliphatic heterocycles. The molecule has 1 atom stereocenters. The van der Waals surface area contributed by atoms with E-state index in [4.69, 9.17) is 10.5 Å². The van der Waals surface area contributed by atoms with Gasteiger partial charge in [0.2, 0.25) is 0 Å². The average molecular weight is 221 g/mol. The highest BCUT2D eigenvalue weighted by Crippen LogP contribution is 2.29. The van der Waals surface area contributed by atoms with Crippen molar-refractivity contribution in [1.82, 2.24) is 0 Å². The molecule has 0 fully saturated rings. The highest BCUT2D eigenvalue weighted by molar-refractivity contribution is 5.42. The highest BCUT2D eigenvalue weighted by Gasteiger charge is 2.10. The van der Waals surface area contributed by atoms with Crippen LogP contribution in [0.2, 0.25) is 0 Å². The molecule has 1 aromatic carbocycles. The Kier molecular flexibility index (Phi) is 4.81. The van der Waals surface area contributed by atoms with E-state index < -0.39 is 0 Å². The van der Waals surface area contributed by atoms with Crippen LogP contribution >= 0.6 is 0 Å². The van der Waals surface area contributed by atoms with Gasteiger partial charge in [-0.25, -0.2) is 0 Å². The van der Waals surface area contributed by atoms with Crippen molar-refractivity contribution in [1.29, 1.82) is 0 Å². The summed E-state index contributed by atoms with van der Waals surface area (Å²) in [4.78, 5) is 0. The van der Waals surface area contributed by atoms with Gasteiger partial charge < -0.3 is 10.5 Å². The van der Waals surface area contributed by atoms with Crippen LogP contribution in [0.5, 0.6) is 5.75 Å². The maximum Gasteiger partial charge on any atom is 0.122 e. The zero-order chi connectivity index (χ0) is 12.1. The summed E-state index contributed by atoms with van der Waals surface area (Å²) in [5, 5.41) is 0. The molecule has 0 bridgehead atoms. The summed E-state index contributed by atoms with van der Waals surface area (Å²) in [6.45, 7) is 9.95. The predicted molar refractivity (Wildman–Crippen MR) is 69.2 cm³/mol. The number of hydrogen-bond acceptors (Lipinski definition) is 2. The number of nitrogens with two attached hydrogens (primary N) is 1. The first-order chi connectivity index (χ1) is 7.60. The molecular formula is C14H23NO. The van der Waals surface area contributed by atoms with Gasteiger partial charge in [-0.3, -0.25) is 0 Å². The number of benzene rings is 1. The Balaban J connectivity index is 3.00. The molecule has 2 N–H and O–H groups in total. The van der Waals surface area contributed by atoms with Gasteiger partial charge in [0.25, 0.3) is 0 Å². The van der Waals surface area contributed by atoms with E-state index in [1.165, 1.54) is 16.7 Å². The summed E-state index contributed by atoms with van der Waals surface area (Å²) >= 11 is 0. The van der Waals surface area contributed by atoms with E-state index in [0.717, 1.165) is 25.3 Å². The molecule has 0 saturated carbocycles. The summed E-state index contributed by atoms with van der Waals surface area (Å²) in [6.07, 6.45) is 1.04. The standard InChI is InChI=1S/C14H23NO/c1-5-16-14-9-11(3)13(8-12(14)4)10(2)6-7-15/h8-10H,5-7,15H2,1-4H3. The molecular weight excluding hydrogens is 198 g/mol. The van der Waals surface area contributed by atoms with Crippen molar-refractivity contribution in [2.45, 2.75) is 40.0 Å². The number of hydrogen-bond donors (Lipinski definition) is 1. The number of aryl methyl sites for hydroxylation is 2. The third-order valence-corrected chi connectivity index (χ3v) is 2.99. The maximum atomic E-state index is 5.61. The van der Waals surface area contributed by atoms with Crippen LogP contribution in [0.3, 0.4) is 0 Å². The molecule has 16 heavy (non-hydrogen) atoms. The monoisotopic (exact) mass is 221 g/mol. The molecule has 0 saturated heterocycles. The van der Waals surface area contributed by atoms with Crippen LogP contribution in [0.1, 0.15) is 42.9 Å². The third kappa shape index (κ3) is 2.99. The normalized spacial score (nSPS) is 12.6. The fraction of sp³-hybridized carbons (Fsp3) is 0.571. The predicted octanol–water partition coefficient (Wildman–Crippen LogP) is 3.15. The summed E-state index contributed by atoms with van der Waals surface area (Å²) in [5.74, 6) is 1.53. The van der Waals surface area contributed by atoms with Crippen molar-refractivity contribution in [2.24, 2.45) is 5.73 Å². The lowest BCUT2D eigenvalue weighted by molar-refractivity contribution is 0.337. The molecule has 0 spiro atoms. The highest BCUT2D eigenvalue weighted by atomic mass is 16.5. The summed E-state index contributed by atoms with van der Waals surface area (Å²) in [7, 11) is 0. The third-order valence-electron chi connectivity index (χ3n) is 2.99. The van der Waals surface area contributed by atoms with Crippen molar-refractivity contribution >= 4 is 0 Å². The van der Waals surface area contributed by atoms with Crippen molar-refractivity contribution < 1.29 is 4.74 Å². The Hall–Kier alpha value is -1.02. The summed E-state index contributed by atoms with van der Waals surface area (Å²) in [5.41, 5.74) is 9.52. The number of ether oxygens (including phenoxy) is 1. The molecule has 90 valence electrons. The molecule has 0 aliphatic carbocycles. The van der Waals surface area contributed by atoms with Gasteiger partial charge in [-0.05, 0) is 62.4 Å². The Labute approximate surface area is 98.8 Å². The Morgan fingerprint density at radius 2 is 1.94 bits per heavy atom. The van der Waals surface area contributed by atoms with Gasteiger partial charge in [-0.15, -0.1) is 0 Å². The van der Waals surface area contributed by atoms with Crippen LogP contribution in [0.15, 0.2) is 12.1 Å². The van der Waals surface area contributed by atoms with E-state index in [9.17, 15) is 0 Å². The average Bonchev–Trinajstić information content (AvgIpc) is 2.23. The molecule has 1 unspecified atom stereocenters. The van der Waals surface area contributed by atoms with Crippen LogP contribution < -0.4 is 10.5 Å². The molecule has 0 amide bonds. The lowest BCUT2D eigenvalue weighted by atomic mass is 9.92. The lowest BCUT2D eigenvalue weighted by Crippen LogP contribution is -2.06. The van der Waals surface area contributed by atoms with E-state index in [2.05, 4.69) is 32.9 Å². The van der Waals surface area contributed by atoms with Gasteiger partial charge in [-0.1, -0.05) is 13.0 Å². The quantitative estimate of drug-likeness (QED) is 0.829. The Morgan fingerprint density at radius 3 is 2.50 bits per heavy atom. The van der Waals surface area contributed by atoms with E-state index in [1.54, 1.807) is 0 Å². The second kappa shape index (κ2) is 5.90. The van der Waals surface area contributed by atoms with Gasteiger partial charge in [0.15, 0.2) is 0 Å². The van der Waals surface area contributed by atoms with Gasteiger partial charge in [0, 0.05) is 0 Å². The largest absolute Gasteiger partial charge is 0.494 e. The van der Waals surface area contributed by atoms with Crippen LogP contribution in [0.25, 0.3) is 0 Å². The van der Waals surface area contributed by atoms with Gasteiger partial charge in [-0.2, -0.15) is 0 Å². The lowest BCUT2D eigenvalue weighted by Gasteiger charge is -2.17. The van der Waals surface area contributed by atoms with Gasteiger partial charge >= 0.3 is 0 Å². The van der Waals surface area contributed by atoms with Crippen LogP contribution in [0, 0.1) is 13.8 Å². The van der Waals surface area contributed by atoms with E-state index in [0.29, 0.717) is 5.92 Å². The summed E-state index contributed by atoms with van der Waals surface area (Å²) in [6, 6.07) is 4.38. The van der Waals surface area contributed by atoms with E-state index in [-0.39, 0.29) is 0 Å². The fourth-order valence-electron chi connectivity index (χ4n) is 2.06. The zero-order valence-corrected chi connectivity index (χ0v) is 10.8. The second-order valence-electron chi connectivity index (χ2n) is 4.39. The van der Waals surface area contributed by atoms with E-state index in [1.807, 2.05) is 6.92 Å². The molecule has 1 aromatic rings. The fourth-order valence-corrected chi connectivity index (χ4v) is 2.06. The SMILES string of the molecule is CCOc1cc(C)c(C(C)CCN)cc1C. The van der Waals surface area contributed by atoms with Crippen molar-refractivity contribution in [3.8, 4) is 5.75 Å². The van der Waals surface area contributed by atoms with Crippen LogP contribution in [0.4, 0.5) is 0 Å². The molecule has 0 heterocycles. The van der Waals surface area contributed by atoms with Crippen LogP contribution in [-0.4, -0.2) is 13.2 Å². The van der Waals surface area contributed by atoms with Crippen molar-refractivity contribution in [3.63, 3.8) is 0 Å². The topological polar surface area (TPSA) is 35.2 Å². The zero-order valence-electron chi connectivity index (χ0n) is 10.8. The maximum absolute atomic E-state index is 5.61. The molecule has 0 radical (unpaired) electrons. The molecule has 1 rings (SSSR count). The van der Waals surface area contributed by atoms with Gasteiger partial charge in [0.05, 0.1) is 6.61 Å². The minimum absolute atomic E-state index is 0.527. The van der Waals surface area contributed by atoms with Gasteiger partial charge in [0.1, 0.15) is 5.75 Å². The molecule has 0 aliphatic rings. The Bertz CT molecular complexity index is 347. The molecule has 0 aromatic heterocycles. The van der Waals surface area contributed by atoms with Crippen molar-refractivity contribution in [3.05, 3.63) is 28.8 Å². The summed E-state index contributed by atoms with van der Waals surface area (Å²) < 4.78 is 5.59. The first kappa shape index (κ1) is 13.0. The minimum atomic E-state index is 0.527. The number of rotatable bonds is 5. The first-order valence-electron chi connectivity index (χ1n) is 6.04. The van der Waals surface area contributed by atoms with Crippen LogP contribution in [-0.2, 0) is 0 Å². The molecule has 2 heteroatoms. The first-order valence-corrected chi connectivity index (χ1v) is 6.04. The second-order valence-corrected chi connectivity index (χ2v) is 4.39. The minimum Gasteiger partial charge on any atom is -0.494 e. The van der Waals surface area contributed by atoms with Crippen molar-refractivity contribution in [2.75, 3.05) is 13.2 Å². The Morgan fingerprint density at radius 1 is 1.25 bits per heavy atom.